The first-order valence-corrected chi connectivity index (χ1v) is 8.39. The molecule has 7 heteroatoms. The average Bonchev–Trinajstić information content (AvgIpc) is 2.89. The molecule has 2 rings (SSSR count). The van der Waals surface area contributed by atoms with E-state index in [9.17, 15) is 0 Å². The summed E-state index contributed by atoms with van der Waals surface area (Å²) in [5.41, 5.74) is 3.18. The molecule has 0 aliphatic rings. The molecule has 1 atom stereocenters. The predicted molar refractivity (Wildman–Crippen MR) is 114 cm³/mol. The molecule has 0 fully saturated rings. The van der Waals surface area contributed by atoms with E-state index in [4.69, 9.17) is 16.1 Å². The van der Waals surface area contributed by atoms with Crippen LogP contribution >= 0.6 is 35.6 Å². The molecule has 0 bridgehead atoms. The normalized spacial score (nSPS) is 12.5. The van der Waals surface area contributed by atoms with E-state index in [1.807, 2.05) is 45.2 Å². The number of halogens is 2. The van der Waals surface area contributed by atoms with Gasteiger partial charge in [-0.3, -0.25) is 4.99 Å². The van der Waals surface area contributed by atoms with Crippen LogP contribution in [0.4, 0.5) is 0 Å². The van der Waals surface area contributed by atoms with Gasteiger partial charge in [0.05, 0.1) is 5.69 Å². The van der Waals surface area contributed by atoms with Crippen LogP contribution in [0, 0.1) is 13.8 Å². The summed E-state index contributed by atoms with van der Waals surface area (Å²) in [6.07, 6.45) is 0. The number of hydrogen-bond acceptors (Lipinski definition) is 3. The van der Waals surface area contributed by atoms with Crippen LogP contribution in [0.25, 0.3) is 0 Å². The minimum Gasteiger partial charge on any atom is -0.361 e. The molecule has 2 aromatic rings. The first-order chi connectivity index (χ1) is 11.4. The third-order valence-corrected chi connectivity index (χ3v) is 4.46. The highest BCUT2D eigenvalue weighted by molar-refractivity contribution is 14.0. The van der Waals surface area contributed by atoms with Crippen LogP contribution in [0.5, 0.6) is 0 Å². The lowest BCUT2D eigenvalue weighted by atomic mass is 10.00. The van der Waals surface area contributed by atoms with Gasteiger partial charge in [0.15, 0.2) is 5.96 Å². The fraction of sp³-hybridized carbons (Fsp3) is 0.444. The summed E-state index contributed by atoms with van der Waals surface area (Å²) in [7, 11) is 3.78. The maximum atomic E-state index is 6.24. The smallest absolute Gasteiger partial charge is 0.193 e. The van der Waals surface area contributed by atoms with Gasteiger partial charge in [-0.15, -0.1) is 24.0 Å². The second kappa shape index (κ2) is 10.0. The van der Waals surface area contributed by atoms with E-state index >= 15 is 0 Å². The average molecular weight is 477 g/mol. The SMILES string of the molecule is CN=C(NCC(C)c1c(C)noc1C)N(C)Cc1ccccc1Cl.I. The van der Waals surface area contributed by atoms with Crippen LogP contribution in [0.15, 0.2) is 33.8 Å². The van der Waals surface area contributed by atoms with E-state index in [-0.39, 0.29) is 29.9 Å². The van der Waals surface area contributed by atoms with Crippen molar-refractivity contribution >= 4 is 41.5 Å². The van der Waals surface area contributed by atoms with Crippen molar-refractivity contribution in [3.63, 3.8) is 0 Å². The topological polar surface area (TPSA) is 53.7 Å². The van der Waals surface area contributed by atoms with Crippen molar-refractivity contribution in [3.8, 4) is 0 Å². The minimum atomic E-state index is 0. The Morgan fingerprint density at radius 1 is 1.36 bits per heavy atom. The lowest BCUT2D eigenvalue weighted by Gasteiger charge is -2.24. The molecule has 1 aromatic heterocycles. The largest absolute Gasteiger partial charge is 0.361 e. The predicted octanol–water partition coefficient (Wildman–Crippen LogP) is 4.37. The van der Waals surface area contributed by atoms with Gasteiger partial charge < -0.3 is 14.7 Å². The van der Waals surface area contributed by atoms with Crippen LogP contribution < -0.4 is 5.32 Å². The number of guanidine groups is 1. The van der Waals surface area contributed by atoms with E-state index in [1.165, 1.54) is 0 Å². The van der Waals surface area contributed by atoms with Crippen molar-refractivity contribution in [2.24, 2.45) is 4.99 Å². The van der Waals surface area contributed by atoms with Crippen LogP contribution in [0.3, 0.4) is 0 Å². The molecular weight excluding hydrogens is 451 g/mol. The number of aryl methyl sites for hydroxylation is 2. The first-order valence-electron chi connectivity index (χ1n) is 8.02. The van der Waals surface area contributed by atoms with Gasteiger partial charge in [-0.05, 0) is 25.5 Å². The maximum absolute atomic E-state index is 6.24. The van der Waals surface area contributed by atoms with Crippen LogP contribution in [-0.2, 0) is 6.54 Å². The van der Waals surface area contributed by atoms with Crippen molar-refractivity contribution < 1.29 is 4.52 Å². The molecule has 138 valence electrons. The third-order valence-electron chi connectivity index (χ3n) is 4.09. The van der Waals surface area contributed by atoms with Gasteiger partial charge >= 0.3 is 0 Å². The Bertz CT molecular complexity index is 697. The minimum absolute atomic E-state index is 0. The van der Waals surface area contributed by atoms with Gasteiger partial charge in [0.25, 0.3) is 0 Å². The number of benzene rings is 1. The Labute approximate surface area is 171 Å². The number of aliphatic imine (C=N–C) groups is 1. The Kier molecular flexibility index (Phi) is 8.71. The Morgan fingerprint density at radius 3 is 2.60 bits per heavy atom. The quantitative estimate of drug-likeness (QED) is 0.395. The van der Waals surface area contributed by atoms with Gasteiger partial charge in [0, 0.05) is 43.7 Å². The second-order valence-corrected chi connectivity index (χ2v) is 6.42. The van der Waals surface area contributed by atoms with Gasteiger partial charge in [0.1, 0.15) is 5.76 Å². The molecule has 0 saturated heterocycles. The zero-order valence-corrected chi connectivity index (χ0v) is 18.4. The van der Waals surface area contributed by atoms with E-state index in [0.717, 1.165) is 40.1 Å². The summed E-state index contributed by atoms with van der Waals surface area (Å²) in [5, 5.41) is 8.21. The Balaban J connectivity index is 0.00000312. The molecule has 0 saturated carbocycles. The highest BCUT2D eigenvalue weighted by atomic mass is 127. The number of nitrogens with zero attached hydrogens (tertiary/aromatic N) is 3. The Morgan fingerprint density at radius 2 is 2.04 bits per heavy atom. The zero-order chi connectivity index (χ0) is 17.7. The van der Waals surface area contributed by atoms with Gasteiger partial charge in [0.2, 0.25) is 0 Å². The number of hydrogen-bond donors (Lipinski definition) is 1. The summed E-state index contributed by atoms with van der Waals surface area (Å²) in [5.74, 6) is 1.98. The summed E-state index contributed by atoms with van der Waals surface area (Å²) in [6.45, 7) is 7.52. The molecule has 0 amide bonds. The third kappa shape index (κ3) is 5.60. The first kappa shape index (κ1) is 21.8. The standard InChI is InChI=1S/C18H25ClN4O.HI/c1-12(17-13(2)22-24-14(17)3)10-21-18(20-4)23(5)11-15-8-6-7-9-16(15)19;/h6-9,12H,10-11H2,1-5H3,(H,20,21);1H. The molecule has 1 unspecified atom stereocenters. The number of rotatable bonds is 5. The van der Waals surface area contributed by atoms with E-state index < -0.39 is 0 Å². The number of nitrogens with one attached hydrogen (secondary N) is 1. The van der Waals surface area contributed by atoms with Gasteiger partial charge in [-0.1, -0.05) is 41.9 Å². The molecule has 0 aliphatic carbocycles. The summed E-state index contributed by atoms with van der Waals surface area (Å²) in [4.78, 5) is 6.42. The molecule has 1 aromatic carbocycles. The summed E-state index contributed by atoms with van der Waals surface area (Å²) >= 11 is 6.24. The highest BCUT2D eigenvalue weighted by Gasteiger charge is 2.17. The molecule has 25 heavy (non-hydrogen) atoms. The molecule has 5 nitrogen and oxygen atoms in total. The fourth-order valence-electron chi connectivity index (χ4n) is 2.88. The molecular formula is C18H26ClIN4O. The highest BCUT2D eigenvalue weighted by Crippen LogP contribution is 2.22. The molecule has 0 spiro atoms. The van der Waals surface area contributed by atoms with E-state index in [0.29, 0.717) is 6.54 Å². The molecule has 1 heterocycles. The summed E-state index contributed by atoms with van der Waals surface area (Å²) < 4.78 is 5.26. The van der Waals surface area contributed by atoms with Crippen LogP contribution in [0.1, 0.15) is 35.4 Å². The van der Waals surface area contributed by atoms with Crippen molar-refractivity contribution in [2.75, 3.05) is 20.6 Å². The molecule has 1 N–H and O–H groups in total. The fourth-order valence-corrected chi connectivity index (χ4v) is 3.08. The van der Waals surface area contributed by atoms with E-state index in [2.05, 4.69) is 27.3 Å². The zero-order valence-electron chi connectivity index (χ0n) is 15.3. The monoisotopic (exact) mass is 476 g/mol. The van der Waals surface area contributed by atoms with Gasteiger partial charge in [-0.25, -0.2) is 0 Å². The van der Waals surface area contributed by atoms with E-state index in [1.54, 1.807) is 7.05 Å². The van der Waals surface area contributed by atoms with Crippen LogP contribution in [-0.4, -0.2) is 36.7 Å². The Hall–Kier alpha value is -1.28. The lowest BCUT2D eigenvalue weighted by molar-refractivity contribution is 0.391. The van der Waals surface area contributed by atoms with Crippen molar-refractivity contribution in [1.29, 1.82) is 0 Å². The number of aromatic nitrogens is 1. The molecule has 0 aliphatic heterocycles. The second-order valence-electron chi connectivity index (χ2n) is 6.01. The summed E-state index contributed by atoms with van der Waals surface area (Å²) in [6, 6.07) is 7.86. The van der Waals surface area contributed by atoms with Crippen molar-refractivity contribution in [1.82, 2.24) is 15.4 Å². The lowest BCUT2D eigenvalue weighted by Crippen LogP contribution is -2.40. The molecule has 0 radical (unpaired) electrons. The maximum Gasteiger partial charge on any atom is 0.193 e. The van der Waals surface area contributed by atoms with Crippen LogP contribution in [0.2, 0.25) is 5.02 Å². The van der Waals surface area contributed by atoms with Gasteiger partial charge in [-0.2, -0.15) is 0 Å². The van der Waals surface area contributed by atoms with Crippen molar-refractivity contribution in [2.45, 2.75) is 33.2 Å². The van der Waals surface area contributed by atoms with Crippen molar-refractivity contribution in [3.05, 3.63) is 51.9 Å².